The van der Waals surface area contributed by atoms with Crippen molar-refractivity contribution >= 4 is 11.4 Å². The molecule has 0 aromatic heterocycles. The zero-order chi connectivity index (χ0) is 22.0. The van der Waals surface area contributed by atoms with Gasteiger partial charge in [0.1, 0.15) is 5.69 Å². The number of hydrogen-bond donors (Lipinski definition) is 1. The number of quaternary nitrogens is 1. The van der Waals surface area contributed by atoms with Gasteiger partial charge in [-0.05, 0) is 46.4 Å². The minimum absolute atomic E-state index is 0.122. The molecule has 1 spiro atoms. The Labute approximate surface area is 193 Å². The minimum atomic E-state index is -0.183. The lowest BCUT2D eigenvalue weighted by molar-refractivity contribution is -0.480. The normalized spacial score (nSPS) is 29.7. The van der Waals surface area contributed by atoms with Gasteiger partial charge in [-0.2, -0.15) is 0 Å². The second kappa shape index (κ2) is 7.00. The third-order valence-electron chi connectivity index (χ3n) is 8.25. The predicted octanol–water partition coefficient (Wildman–Crippen LogP) is 6.35. The molecular weight excluding hydrogens is 405 g/mol. The summed E-state index contributed by atoms with van der Waals surface area (Å²) in [5.41, 5.74) is 6.96. The number of benzene rings is 3. The number of fused-ring (bicyclic) bond motifs is 10. The van der Waals surface area contributed by atoms with E-state index >= 15 is 0 Å². The van der Waals surface area contributed by atoms with Gasteiger partial charge in [0.05, 0.1) is 0 Å². The molecule has 3 aromatic rings. The van der Waals surface area contributed by atoms with Crippen molar-refractivity contribution in [3.8, 4) is 11.1 Å². The highest BCUT2D eigenvalue weighted by molar-refractivity contribution is 5.88. The highest BCUT2D eigenvalue weighted by Crippen LogP contribution is 2.67. The van der Waals surface area contributed by atoms with Crippen LogP contribution in [0.15, 0.2) is 115 Å². The number of allylic oxidation sites excluding steroid dienone is 8. The molecule has 0 aliphatic heterocycles. The molecule has 3 aromatic carbocycles. The second-order valence-corrected chi connectivity index (χ2v) is 9.60. The molecule has 4 aliphatic rings. The van der Waals surface area contributed by atoms with E-state index in [1.54, 1.807) is 6.07 Å². The molecule has 1 nitrogen and oxygen atoms in total. The van der Waals surface area contributed by atoms with Gasteiger partial charge in [-0.3, -0.25) is 5.32 Å². The molecule has 0 heterocycles. The summed E-state index contributed by atoms with van der Waals surface area (Å²) in [6.07, 6.45) is 18.6. The van der Waals surface area contributed by atoms with Gasteiger partial charge in [0.15, 0.2) is 11.5 Å². The number of nitrogens with two attached hydrogens (primary N) is 1. The topological polar surface area (TPSA) is 16.6 Å². The van der Waals surface area contributed by atoms with E-state index in [1.807, 2.05) is 17.4 Å². The lowest BCUT2D eigenvalue weighted by Crippen LogP contribution is -2.71. The van der Waals surface area contributed by atoms with Gasteiger partial charge < -0.3 is 0 Å². The molecule has 0 amide bonds. The fourth-order valence-electron chi connectivity index (χ4n) is 7.14. The Balaban J connectivity index is 1.51. The van der Waals surface area contributed by atoms with E-state index in [1.165, 1.54) is 28.3 Å². The van der Waals surface area contributed by atoms with Crippen molar-refractivity contribution in [3.63, 3.8) is 0 Å². The lowest BCUT2D eigenvalue weighted by atomic mass is 9.63. The third-order valence-corrected chi connectivity index (χ3v) is 8.25. The van der Waals surface area contributed by atoms with Crippen LogP contribution in [0.3, 0.4) is 0 Å². The molecule has 2 heteroatoms. The van der Waals surface area contributed by atoms with Crippen LogP contribution < -0.4 is 5.32 Å². The lowest BCUT2D eigenvalue weighted by Gasteiger charge is -2.39. The fraction of sp³-hybridized carbons (Fsp3) is 0.161. The van der Waals surface area contributed by atoms with Crippen LogP contribution in [0.4, 0.5) is 15.8 Å². The van der Waals surface area contributed by atoms with E-state index in [9.17, 15) is 4.39 Å². The molecule has 160 valence electrons. The smallest absolute Gasteiger partial charge is 0.184 e. The number of hydrogen-bond acceptors (Lipinski definition) is 0. The van der Waals surface area contributed by atoms with Crippen molar-refractivity contribution in [1.29, 1.82) is 0 Å². The first-order valence-electron chi connectivity index (χ1n) is 11.8. The van der Waals surface area contributed by atoms with Crippen LogP contribution in [-0.2, 0) is 5.41 Å². The first kappa shape index (κ1) is 19.0. The van der Waals surface area contributed by atoms with Crippen molar-refractivity contribution in [3.05, 3.63) is 132 Å². The van der Waals surface area contributed by atoms with Gasteiger partial charge >= 0.3 is 0 Å². The molecule has 33 heavy (non-hydrogen) atoms. The van der Waals surface area contributed by atoms with Gasteiger partial charge in [0.2, 0.25) is 0 Å². The number of para-hydroxylation sites is 1. The molecule has 7 rings (SSSR count). The zero-order valence-corrected chi connectivity index (χ0v) is 18.2. The van der Waals surface area contributed by atoms with E-state index in [0.717, 1.165) is 5.69 Å². The van der Waals surface area contributed by atoms with E-state index in [2.05, 4.69) is 91.1 Å². The zero-order valence-electron chi connectivity index (χ0n) is 18.2. The average molecular weight is 431 g/mol. The van der Waals surface area contributed by atoms with Crippen molar-refractivity contribution in [2.75, 3.05) is 0 Å². The summed E-state index contributed by atoms with van der Waals surface area (Å²) in [7, 11) is 0. The van der Waals surface area contributed by atoms with Gasteiger partial charge in [0, 0.05) is 23.1 Å². The average Bonchev–Trinajstić information content (AvgIpc) is 3.34. The van der Waals surface area contributed by atoms with Crippen molar-refractivity contribution in [2.45, 2.75) is 5.41 Å². The van der Waals surface area contributed by atoms with Crippen LogP contribution in [0.25, 0.3) is 11.1 Å². The first-order valence-corrected chi connectivity index (χ1v) is 11.8. The Bertz CT molecular complexity index is 1360. The first-order chi connectivity index (χ1) is 16.3. The van der Waals surface area contributed by atoms with E-state index in [4.69, 9.17) is 0 Å². The summed E-state index contributed by atoms with van der Waals surface area (Å²) < 4.78 is 14.6. The van der Waals surface area contributed by atoms with Gasteiger partial charge in [-0.25, -0.2) is 4.39 Å². The quantitative estimate of drug-likeness (QED) is 0.456. The Morgan fingerprint density at radius 1 is 0.606 bits per heavy atom. The molecule has 0 saturated heterocycles. The molecule has 0 radical (unpaired) electrons. The third kappa shape index (κ3) is 2.45. The predicted molar refractivity (Wildman–Crippen MR) is 131 cm³/mol. The van der Waals surface area contributed by atoms with Crippen molar-refractivity contribution < 1.29 is 9.71 Å². The SMILES string of the molecule is Fc1ccccc1[NH2+]c1cccc2c1-c1ccccc1C21C2C=CC=CC2C2C=CC=CC21. The largest absolute Gasteiger partial charge is 0.279 e. The summed E-state index contributed by atoms with van der Waals surface area (Å²) in [6.45, 7) is 0. The van der Waals surface area contributed by atoms with Crippen LogP contribution in [0.5, 0.6) is 0 Å². The Hall–Kier alpha value is -3.49. The summed E-state index contributed by atoms with van der Waals surface area (Å²) in [5.74, 6) is 1.53. The summed E-state index contributed by atoms with van der Waals surface area (Å²) in [4.78, 5) is 0. The molecule has 0 bridgehead atoms. The molecule has 2 N–H and O–H groups in total. The maximum absolute atomic E-state index is 14.6. The summed E-state index contributed by atoms with van der Waals surface area (Å²) >= 11 is 0. The second-order valence-electron chi connectivity index (χ2n) is 9.60. The van der Waals surface area contributed by atoms with E-state index in [0.29, 0.717) is 29.4 Å². The maximum atomic E-state index is 14.6. The highest BCUT2D eigenvalue weighted by atomic mass is 19.1. The molecule has 4 atom stereocenters. The van der Waals surface area contributed by atoms with E-state index < -0.39 is 0 Å². The molecule has 1 saturated carbocycles. The van der Waals surface area contributed by atoms with Gasteiger partial charge in [0.25, 0.3) is 0 Å². The van der Waals surface area contributed by atoms with Crippen LogP contribution in [-0.4, -0.2) is 0 Å². The van der Waals surface area contributed by atoms with Crippen molar-refractivity contribution in [2.24, 2.45) is 23.7 Å². The summed E-state index contributed by atoms with van der Waals surface area (Å²) in [6, 6.07) is 22.6. The van der Waals surface area contributed by atoms with E-state index in [-0.39, 0.29) is 11.2 Å². The van der Waals surface area contributed by atoms with Crippen LogP contribution in [0.2, 0.25) is 0 Å². The minimum Gasteiger partial charge on any atom is -0.279 e. The maximum Gasteiger partial charge on any atom is 0.184 e. The standard InChI is InChI=1S/C31H24FN/c32-27-17-7-8-18-28(27)33-29-19-9-16-26-30(29)22-12-3-6-15-25(22)31(26)23-13-4-1-10-20(23)21-11-2-5-14-24(21)31/h1-21,23-24,33H/p+1. The van der Waals surface area contributed by atoms with Crippen LogP contribution in [0, 0.1) is 29.5 Å². The molecular formula is C31H25FN+. The summed E-state index contributed by atoms with van der Waals surface area (Å²) in [5, 5.41) is 2.01. The Kier molecular flexibility index (Phi) is 4.04. The van der Waals surface area contributed by atoms with Gasteiger partial charge in [-0.1, -0.05) is 97.1 Å². The Morgan fingerprint density at radius 3 is 1.97 bits per heavy atom. The number of halogens is 1. The fourth-order valence-corrected chi connectivity index (χ4v) is 7.14. The Morgan fingerprint density at radius 2 is 1.21 bits per heavy atom. The molecule has 1 fully saturated rings. The monoisotopic (exact) mass is 430 g/mol. The molecule has 4 aliphatic carbocycles. The van der Waals surface area contributed by atoms with Crippen LogP contribution >= 0.6 is 0 Å². The number of rotatable bonds is 2. The van der Waals surface area contributed by atoms with Crippen LogP contribution in [0.1, 0.15) is 11.1 Å². The van der Waals surface area contributed by atoms with Gasteiger partial charge in [-0.15, -0.1) is 0 Å². The molecule has 4 unspecified atom stereocenters. The van der Waals surface area contributed by atoms with Crippen molar-refractivity contribution in [1.82, 2.24) is 0 Å². The highest BCUT2D eigenvalue weighted by Gasteiger charge is 2.62.